The Balaban J connectivity index is 1.55. The van der Waals surface area contributed by atoms with Crippen LogP contribution in [0.1, 0.15) is 44.1 Å². The van der Waals surface area contributed by atoms with Crippen molar-refractivity contribution in [1.29, 1.82) is 0 Å². The summed E-state index contributed by atoms with van der Waals surface area (Å²) in [6.07, 6.45) is 7.14. The van der Waals surface area contributed by atoms with Gasteiger partial charge in [-0.3, -0.25) is 4.79 Å². The molecule has 4 rings (SSSR count). The van der Waals surface area contributed by atoms with E-state index >= 15 is 0 Å². The fraction of sp³-hybridized carbons (Fsp3) is 0.360. The lowest BCUT2D eigenvalue weighted by Gasteiger charge is -2.23. The van der Waals surface area contributed by atoms with Gasteiger partial charge in [-0.25, -0.2) is 4.79 Å². The third-order valence-electron chi connectivity index (χ3n) is 5.85. The highest BCUT2D eigenvalue weighted by molar-refractivity contribution is 6.02. The first-order chi connectivity index (χ1) is 14.7. The minimum atomic E-state index is -0.520. The summed E-state index contributed by atoms with van der Waals surface area (Å²) in [6.45, 7) is 0.792. The fourth-order valence-electron chi connectivity index (χ4n) is 4.19. The van der Waals surface area contributed by atoms with Crippen LogP contribution in [0.4, 0.5) is 11.4 Å². The van der Waals surface area contributed by atoms with Crippen molar-refractivity contribution < 1.29 is 9.21 Å². The lowest BCUT2D eigenvalue weighted by molar-refractivity contribution is -0.116. The number of benzene rings is 2. The molecule has 2 aromatic carbocycles. The number of nitrogens with one attached hydrogen (secondary N) is 2. The Labute approximate surface area is 176 Å². The second kappa shape index (κ2) is 9.61. The van der Waals surface area contributed by atoms with Gasteiger partial charge in [0.25, 0.3) is 0 Å². The van der Waals surface area contributed by atoms with E-state index in [-0.39, 0.29) is 11.6 Å². The molecule has 1 aromatic heterocycles. The Kier molecular flexibility index (Phi) is 6.47. The van der Waals surface area contributed by atoms with Crippen molar-refractivity contribution in [2.24, 2.45) is 5.92 Å². The largest absolute Gasteiger partial charge is 0.421 e. The van der Waals surface area contributed by atoms with Gasteiger partial charge in [0.05, 0.1) is 5.69 Å². The van der Waals surface area contributed by atoms with Crippen LogP contribution >= 0.6 is 0 Å². The standard InChI is InChI=1S/C25H28N2O3/c28-22(16-15-18-9-3-1-4-10-18)27-24-23(26-17-19-11-5-2-6-12-19)20-13-7-8-14-21(20)30-25(24)29/h1,3-4,7-10,13-14,19,26H,2,5-6,11-12,15-17H2,(H,27,28). The molecule has 0 radical (unpaired) electrons. The van der Waals surface area contributed by atoms with Crippen molar-refractivity contribution in [2.75, 3.05) is 17.2 Å². The van der Waals surface area contributed by atoms with Crippen LogP contribution in [0, 0.1) is 5.92 Å². The molecule has 30 heavy (non-hydrogen) atoms. The molecule has 1 heterocycles. The Hall–Kier alpha value is -3.08. The van der Waals surface area contributed by atoms with Gasteiger partial charge in [0.1, 0.15) is 5.58 Å². The Morgan fingerprint density at radius 1 is 0.933 bits per heavy atom. The van der Waals surface area contributed by atoms with E-state index in [2.05, 4.69) is 10.6 Å². The second-order valence-electron chi connectivity index (χ2n) is 8.05. The van der Waals surface area contributed by atoms with E-state index in [0.29, 0.717) is 30.0 Å². The predicted molar refractivity (Wildman–Crippen MR) is 121 cm³/mol. The van der Waals surface area contributed by atoms with Gasteiger partial charge in [-0.1, -0.05) is 61.7 Å². The van der Waals surface area contributed by atoms with Crippen molar-refractivity contribution in [3.63, 3.8) is 0 Å². The zero-order valence-corrected chi connectivity index (χ0v) is 17.2. The van der Waals surface area contributed by atoms with Crippen LogP contribution in [0.2, 0.25) is 0 Å². The molecule has 5 nitrogen and oxygen atoms in total. The van der Waals surface area contributed by atoms with E-state index in [1.54, 1.807) is 6.07 Å². The number of rotatable bonds is 7. The second-order valence-corrected chi connectivity index (χ2v) is 8.05. The maximum absolute atomic E-state index is 12.7. The summed E-state index contributed by atoms with van der Waals surface area (Å²) in [5.74, 6) is 0.397. The highest BCUT2D eigenvalue weighted by atomic mass is 16.4. The summed E-state index contributed by atoms with van der Waals surface area (Å²) < 4.78 is 5.48. The highest BCUT2D eigenvalue weighted by Crippen LogP contribution is 2.30. The summed E-state index contributed by atoms with van der Waals surface area (Å²) >= 11 is 0. The lowest BCUT2D eigenvalue weighted by Crippen LogP contribution is -2.23. The molecule has 1 amide bonds. The molecule has 0 spiro atoms. The van der Waals surface area contributed by atoms with E-state index in [1.165, 1.54) is 32.1 Å². The number of anilines is 2. The summed E-state index contributed by atoms with van der Waals surface area (Å²) in [6, 6.07) is 17.3. The Morgan fingerprint density at radius 2 is 1.67 bits per heavy atom. The summed E-state index contributed by atoms with van der Waals surface area (Å²) in [4.78, 5) is 25.3. The topological polar surface area (TPSA) is 71.3 Å². The van der Waals surface area contributed by atoms with Gasteiger partial charge < -0.3 is 15.1 Å². The summed E-state index contributed by atoms with van der Waals surface area (Å²) in [7, 11) is 0. The van der Waals surface area contributed by atoms with Crippen molar-refractivity contribution in [2.45, 2.75) is 44.9 Å². The van der Waals surface area contributed by atoms with Crippen LogP contribution in [0.3, 0.4) is 0 Å². The van der Waals surface area contributed by atoms with Crippen LogP contribution < -0.4 is 16.3 Å². The molecular formula is C25H28N2O3. The Morgan fingerprint density at radius 3 is 2.47 bits per heavy atom. The average Bonchev–Trinajstić information content (AvgIpc) is 2.79. The predicted octanol–water partition coefficient (Wildman–Crippen LogP) is 5.36. The molecular weight excluding hydrogens is 376 g/mol. The molecule has 1 aliphatic rings. The number of hydrogen-bond donors (Lipinski definition) is 2. The van der Waals surface area contributed by atoms with Gasteiger partial charge >= 0.3 is 5.63 Å². The first kappa shape index (κ1) is 20.2. The number of fused-ring (bicyclic) bond motifs is 1. The maximum Gasteiger partial charge on any atom is 0.362 e. The van der Waals surface area contributed by atoms with Crippen LogP contribution in [-0.2, 0) is 11.2 Å². The van der Waals surface area contributed by atoms with E-state index in [9.17, 15) is 9.59 Å². The normalized spacial score (nSPS) is 14.5. The zero-order chi connectivity index (χ0) is 20.8. The van der Waals surface area contributed by atoms with Gasteiger partial charge in [0.15, 0.2) is 5.69 Å². The molecule has 2 N–H and O–H groups in total. The minimum absolute atomic E-state index is 0.192. The molecule has 0 aliphatic heterocycles. The molecule has 0 bridgehead atoms. The van der Waals surface area contributed by atoms with Crippen molar-refractivity contribution in [3.05, 3.63) is 70.6 Å². The Bertz CT molecular complexity index is 1050. The van der Waals surface area contributed by atoms with E-state index in [4.69, 9.17) is 4.42 Å². The van der Waals surface area contributed by atoms with Crippen molar-refractivity contribution in [3.8, 4) is 0 Å². The smallest absolute Gasteiger partial charge is 0.362 e. The number of carbonyl (C=O) groups excluding carboxylic acids is 1. The van der Waals surface area contributed by atoms with Crippen LogP contribution in [-0.4, -0.2) is 12.5 Å². The van der Waals surface area contributed by atoms with E-state index in [0.717, 1.165) is 17.5 Å². The highest BCUT2D eigenvalue weighted by Gasteiger charge is 2.19. The number of carbonyl (C=O) groups is 1. The third-order valence-corrected chi connectivity index (χ3v) is 5.85. The quantitative estimate of drug-likeness (QED) is 0.520. The van der Waals surface area contributed by atoms with Crippen LogP contribution in [0.5, 0.6) is 0 Å². The fourth-order valence-corrected chi connectivity index (χ4v) is 4.19. The number of aryl methyl sites for hydroxylation is 1. The molecule has 0 saturated heterocycles. The first-order valence-electron chi connectivity index (χ1n) is 10.8. The first-order valence-corrected chi connectivity index (χ1v) is 10.8. The molecule has 0 atom stereocenters. The van der Waals surface area contributed by atoms with Gasteiger partial charge in [-0.05, 0) is 42.9 Å². The molecule has 3 aromatic rings. The maximum atomic E-state index is 12.7. The average molecular weight is 405 g/mol. The van der Waals surface area contributed by atoms with Gasteiger partial charge in [0.2, 0.25) is 5.91 Å². The van der Waals surface area contributed by atoms with Gasteiger partial charge in [-0.15, -0.1) is 0 Å². The van der Waals surface area contributed by atoms with Gasteiger partial charge in [-0.2, -0.15) is 0 Å². The van der Waals surface area contributed by atoms with Crippen molar-refractivity contribution >= 4 is 28.3 Å². The molecule has 1 aliphatic carbocycles. The van der Waals surface area contributed by atoms with Crippen LogP contribution in [0.15, 0.2) is 63.8 Å². The molecule has 1 fully saturated rings. The van der Waals surface area contributed by atoms with Gasteiger partial charge in [0, 0.05) is 18.4 Å². The third kappa shape index (κ3) is 4.90. The summed E-state index contributed by atoms with van der Waals surface area (Å²) in [5, 5.41) is 7.10. The molecule has 5 heteroatoms. The summed E-state index contributed by atoms with van der Waals surface area (Å²) in [5.41, 5.74) is 1.97. The minimum Gasteiger partial charge on any atom is -0.421 e. The van der Waals surface area contributed by atoms with Crippen molar-refractivity contribution in [1.82, 2.24) is 0 Å². The zero-order valence-electron chi connectivity index (χ0n) is 17.2. The SMILES string of the molecule is O=C(CCc1ccccc1)Nc1c(NCC2CCCCC2)c2ccccc2oc1=O. The molecule has 0 unspecified atom stereocenters. The molecule has 156 valence electrons. The van der Waals surface area contributed by atoms with E-state index in [1.807, 2.05) is 48.5 Å². The number of hydrogen-bond acceptors (Lipinski definition) is 4. The lowest BCUT2D eigenvalue weighted by atomic mass is 9.89. The molecule has 1 saturated carbocycles. The number of amides is 1. The monoisotopic (exact) mass is 404 g/mol. The number of para-hydroxylation sites is 1. The van der Waals surface area contributed by atoms with E-state index < -0.39 is 5.63 Å². The van der Waals surface area contributed by atoms with Crippen LogP contribution in [0.25, 0.3) is 11.0 Å².